The molecule has 1 aromatic carbocycles. The minimum absolute atomic E-state index is 0.0120. The van der Waals surface area contributed by atoms with Gasteiger partial charge in [-0.3, -0.25) is 4.79 Å². The predicted octanol–water partition coefficient (Wildman–Crippen LogP) is 2.69. The first-order valence-electron chi connectivity index (χ1n) is 8.77. The highest BCUT2D eigenvalue weighted by Gasteiger charge is 2.35. The second kappa shape index (κ2) is 8.54. The lowest BCUT2D eigenvalue weighted by Gasteiger charge is -2.39. The largest absolute Gasteiger partial charge is 0.508 e. The number of hydrogen-bond acceptors (Lipinski definition) is 4. The van der Waals surface area contributed by atoms with E-state index in [1.807, 2.05) is 19.9 Å². The van der Waals surface area contributed by atoms with Gasteiger partial charge in [0.2, 0.25) is 10.0 Å². The average molecular weight is 391 g/mol. The molecule has 7 heteroatoms. The fourth-order valence-electron chi connectivity index (χ4n) is 2.95. The van der Waals surface area contributed by atoms with Gasteiger partial charge in [0.15, 0.2) is 0 Å². The molecular formula is C20H26N2O4S. The Morgan fingerprint density at radius 2 is 1.89 bits per heavy atom. The summed E-state index contributed by atoms with van der Waals surface area (Å²) in [5.74, 6) is -0.132. The van der Waals surface area contributed by atoms with Crippen molar-refractivity contribution in [3.8, 4) is 5.75 Å². The Hall–Kier alpha value is -2.38. The second-order valence-corrected chi connectivity index (χ2v) is 8.53. The molecule has 6 nitrogen and oxygen atoms in total. The first-order valence-corrected chi connectivity index (χ1v) is 10.2. The van der Waals surface area contributed by atoms with Crippen LogP contribution in [0.3, 0.4) is 0 Å². The molecule has 0 aromatic heterocycles. The number of carbonyl (C=O) groups excluding carboxylic acids is 1. The molecule has 1 aromatic rings. The zero-order chi connectivity index (χ0) is 20.2. The van der Waals surface area contributed by atoms with E-state index < -0.39 is 10.0 Å². The molecule has 1 aliphatic heterocycles. The highest BCUT2D eigenvalue weighted by atomic mass is 32.2. The Balaban J connectivity index is 2.18. The van der Waals surface area contributed by atoms with Gasteiger partial charge in [-0.2, -0.15) is 4.31 Å². The van der Waals surface area contributed by atoms with Crippen molar-refractivity contribution in [2.24, 2.45) is 0 Å². The van der Waals surface area contributed by atoms with Crippen LogP contribution in [0.4, 0.5) is 0 Å². The number of allylic oxidation sites excluding steroid dienone is 3. The van der Waals surface area contributed by atoms with Gasteiger partial charge in [-0.05, 0) is 56.7 Å². The first-order chi connectivity index (χ1) is 12.7. The van der Waals surface area contributed by atoms with Crippen molar-refractivity contribution in [2.45, 2.75) is 31.7 Å². The van der Waals surface area contributed by atoms with Crippen LogP contribution >= 0.6 is 0 Å². The highest BCUT2D eigenvalue weighted by molar-refractivity contribution is 7.89. The number of amides is 1. The molecule has 0 bridgehead atoms. The standard InChI is InChI=1S/C20H26N2O4S/c1-5-6-7-19(15(2)3)20(24)22-13-12-21(14-16(22)4)27(25,26)18-10-8-17(23)9-11-18/h5-11,16,23H,2,12-14H2,1,3-4H3. The summed E-state index contributed by atoms with van der Waals surface area (Å²) in [7, 11) is -3.67. The third kappa shape index (κ3) is 4.67. The van der Waals surface area contributed by atoms with E-state index >= 15 is 0 Å². The van der Waals surface area contributed by atoms with Crippen LogP contribution in [0.5, 0.6) is 5.75 Å². The van der Waals surface area contributed by atoms with E-state index in [4.69, 9.17) is 0 Å². The van der Waals surface area contributed by atoms with Gasteiger partial charge >= 0.3 is 0 Å². The number of carbonyl (C=O) groups is 1. The van der Waals surface area contributed by atoms with Crippen LogP contribution in [-0.4, -0.2) is 54.3 Å². The van der Waals surface area contributed by atoms with Crippen molar-refractivity contribution in [3.63, 3.8) is 0 Å². The predicted molar refractivity (Wildman–Crippen MR) is 106 cm³/mol. The minimum Gasteiger partial charge on any atom is -0.508 e. The highest BCUT2D eigenvalue weighted by Crippen LogP contribution is 2.23. The number of nitrogens with zero attached hydrogens (tertiary/aromatic N) is 2. The topological polar surface area (TPSA) is 77.9 Å². The SMILES string of the molecule is C=C(C)C(=CC=CC)C(=O)N1CCN(S(=O)(=O)c2ccc(O)cc2)CC1C. The summed E-state index contributed by atoms with van der Waals surface area (Å²) in [6.07, 6.45) is 5.36. The maximum atomic E-state index is 12.9. The van der Waals surface area contributed by atoms with Crippen LogP contribution in [0.25, 0.3) is 0 Å². The molecule has 1 saturated heterocycles. The molecule has 1 aliphatic rings. The fourth-order valence-corrected chi connectivity index (χ4v) is 4.47. The monoisotopic (exact) mass is 390 g/mol. The second-order valence-electron chi connectivity index (χ2n) is 6.59. The van der Waals surface area contributed by atoms with Crippen molar-refractivity contribution in [1.82, 2.24) is 9.21 Å². The molecule has 1 amide bonds. The maximum absolute atomic E-state index is 12.9. The lowest BCUT2D eigenvalue weighted by Crippen LogP contribution is -2.55. The van der Waals surface area contributed by atoms with E-state index in [2.05, 4.69) is 6.58 Å². The number of piperazine rings is 1. The molecule has 0 spiro atoms. The van der Waals surface area contributed by atoms with Crippen molar-refractivity contribution >= 4 is 15.9 Å². The zero-order valence-corrected chi connectivity index (χ0v) is 16.7. The maximum Gasteiger partial charge on any atom is 0.254 e. The van der Waals surface area contributed by atoms with E-state index in [-0.39, 0.29) is 35.7 Å². The Morgan fingerprint density at radius 3 is 2.41 bits per heavy atom. The number of sulfonamides is 1. The van der Waals surface area contributed by atoms with Gasteiger partial charge in [-0.25, -0.2) is 8.42 Å². The van der Waals surface area contributed by atoms with Crippen LogP contribution < -0.4 is 0 Å². The number of aromatic hydroxyl groups is 1. The quantitative estimate of drug-likeness (QED) is 0.619. The van der Waals surface area contributed by atoms with Crippen molar-refractivity contribution < 1.29 is 18.3 Å². The molecule has 1 atom stereocenters. The Morgan fingerprint density at radius 1 is 1.26 bits per heavy atom. The van der Waals surface area contributed by atoms with Crippen LogP contribution in [0.1, 0.15) is 20.8 Å². The third-order valence-corrected chi connectivity index (χ3v) is 6.35. The Kier molecular flexibility index (Phi) is 6.62. The van der Waals surface area contributed by atoms with E-state index in [1.165, 1.54) is 28.6 Å². The Labute approximate surface area is 161 Å². The number of benzene rings is 1. The molecule has 1 heterocycles. The summed E-state index contributed by atoms with van der Waals surface area (Å²) in [5, 5.41) is 9.36. The minimum atomic E-state index is -3.67. The summed E-state index contributed by atoms with van der Waals surface area (Å²) in [5.41, 5.74) is 1.19. The van der Waals surface area contributed by atoms with Gasteiger partial charge in [0.25, 0.3) is 5.91 Å². The molecule has 0 aliphatic carbocycles. The summed E-state index contributed by atoms with van der Waals surface area (Å²) in [6, 6.07) is 5.19. The molecule has 146 valence electrons. The molecule has 27 heavy (non-hydrogen) atoms. The summed E-state index contributed by atoms with van der Waals surface area (Å²) >= 11 is 0. The Bertz CT molecular complexity index is 870. The summed E-state index contributed by atoms with van der Waals surface area (Å²) in [4.78, 5) is 14.7. The number of phenolic OH excluding ortho intramolecular Hbond substituents is 1. The van der Waals surface area contributed by atoms with E-state index in [9.17, 15) is 18.3 Å². The molecule has 0 radical (unpaired) electrons. The van der Waals surface area contributed by atoms with Gasteiger partial charge in [0.05, 0.1) is 4.90 Å². The van der Waals surface area contributed by atoms with Gasteiger partial charge in [-0.1, -0.05) is 18.7 Å². The zero-order valence-electron chi connectivity index (χ0n) is 15.9. The van der Waals surface area contributed by atoms with Gasteiger partial charge in [0.1, 0.15) is 5.75 Å². The van der Waals surface area contributed by atoms with Crippen molar-refractivity contribution in [2.75, 3.05) is 19.6 Å². The number of hydrogen-bond donors (Lipinski definition) is 1. The average Bonchev–Trinajstić information content (AvgIpc) is 2.61. The third-order valence-electron chi connectivity index (χ3n) is 4.47. The lowest BCUT2D eigenvalue weighted by molar-refractivity contribution is -0.130. The molecular weight excluding hydrogens is 364 g/mol. The van der Waals surface area contributed by atoms with Crippen LogP contribution in [0.15, 0.2) is 65.1 Å². The molecule has 1 fully saturated rings. The van der Waals surface area contributed by atoms with Crippen molar-refractivity contribution in [3.05, 3.63) is 60.2 Å². The van der Waals surface area contributed by atoms with Crippen LogP contribution in [0.2, 0.25) is 0 Å². The molecule has 0 saturated carbocycles. The van der Waals surface area contributed by atoms with Gasteiger partial charge in [0, 0.05) is 31.2 Å². The molecule has 2 rings (SSSR count). The van der Waals surface area contributed by atoms with Gasteiger partial charge in [-0.15, -0.1) is 0 Å². The fraction of sp³-hybridized carbons (Fsp3) is 0.350. The molecule has 1 unspecified atom stereocenters. The summed E-state index contributed by atoms with van der Waals surface area (Å²) in [6.45, 7) is 10.1. The first kappa shape index (κ1) is 20.9. The van der Waals surface area contributed by atoms with E-state index in [0.717, 1.165) is 0 Å². The number of rotatable bonds is 5. The number of phenols is 1. The van der Waals surface area contributed by atoms with Crippen LogP contribution in [-0.2, 0) is 14.8 Å². The lowest BCUT2D eigenvalue weighted by atomic mass is 10.1. The van der Waals surface area contributed by atoms with Crippen LogP contribution in [0, 0.1) is 0 Å². The molecule has 1 N–H and O–H groups in total. The van der Waals surface area contributed by atoms with E-state index in [1.54, 1.807) is 24.0 Å². The summed E-state index contributed by atoms with van der Waals surface area (Å²) < 4.78 is 27.0. The van der Waals surface area contributed by atoms with Crippen molar-refractivity contribution in [1.29, 1.82) is 0 Å². The smallest absolute Gasteiger partial charge is 0.254 e. The normalized spacial score (nSPS) is 19.4. The van der Waals surface area contributed by atoms with Gasteiger partial charge < -0.3 is 10.0 Å². The van der Waals surface area contributed by atoms with E-state index in [0.29, 0.717) is 17.7 Å².